The van der Waals surface area contributed by atoms with Crippen LogP contribution in [-0.4, -0.2) is 46.7 Å². The highest BCUT2D eigenvalue weighted by molar-refractivity contribution is 6.31. The van der Waals surface area contributed by atoms with Gasteiger partial charge in [0.2, 0.25) is 0 Å². The fourth-order valence-corrected chi connectivity index (χ4v) is 4.93. The summed E-state index contributed by atoms with van der Waals surface area (Å²) in [6.07, 6.45) is -0.0537. The standard InChI is InChI=1S/C30H25ClF3N3O4/c1-15-13-40-27-22(15)11-24(37-26(27)16-2-4-20(32)5-3-16)30(39,29(33)34)14-36-28(38)18-8-17-9-19(31)12-35-25(17)23(10-18)41-21-6-7-21/h2-5,8-12,15,21,29,39H,6-7,13-14H2,1H3,(H,36,38)/t15?,30-/m0/s1. The lowest BCUT2D eigenvalue weighted by molar-refractivity contribution is -0.101. The van der Waals surface area contributed by atoms with Crippen LogP contribution < -0.4 is 14.8 Å². The predicted molar refractivity (Wildman–Crippen MR) is 146 cm³/mol. The molecule has 11 heteroatoms. The summed E-state index contributed by atoms with van der Waals surface area (Å²) in [4.78, 5) is 21.9. The van der Waals surface area contributed by atoms with E-state index >= 15 is 0 Å². The second-order valence-corrected chi connectivity index (χ2v) is 10.9. The maximum Gasteiger partial charge on any atom is 0.274 e. The van der Waals surface area contributed by atoms with Gasteiger partial charge in [0.1, 0.15) is 28.5 Å². The van der Waals surface area contributed by atoms with E-state index in [2.05, 4.69) is 15.3 Å². The van der Waals surface area contributed by atoms with Gasteiger partial charge in [0, 0.05) is 34.2 Å². The first kappa shape index (κ1) is 27.3. The van der Waals surface area contributed by atoms with Gasteiger partial charge in [-0.1, -0.05) is 18.5 Å². The third-order valence-corrected chi connectivity index (χ3v) is 7.45. The molecule has 2 N–H and O–H groups in total. The van der Waals surface area contributed by atoms with Crippen LogP contribution >= 0.6 is 11.6 Å². The molecule has 1 amide bonds. The summed E-state index contributed by atoms with van der Waals surface area (Å²) in [6.45, 7) is 1.32. The topological polar surface area (TPSA) is 93.6 Å². The first-order valence-corrected chi connectivity index (χ1v) is 13.5. The van der Waals surface area contributed by atoms with Crippen molar-refractivity contribution in [2.24, 2.45) is 0 Å². The summed E-state index contributed by atoms with van der Waals surface area (Å²) in [7, 11) is 0. The minimum Gasteiger partial charge on any atom is -0.490 e. The number of hydrogen-bond donors (Lipinski definition) is 2. The molecule has 1 fully saturated rings. The number of nitrogens with zero attached hydrogens (tertiary/aromatic N) is 2. The number of carbonyl (C=O) groups excluding carboxylic acids is 1. The van der Waals surface area contributed by atoms with Crippen molar-refractivity contribution in [3.8, 4) is 22.8 Å². The van der Waals surface area contributed by atoms with Crippen LogP contribution in [0, 0.1) is 5.82 Å². The molecule has 6 rings (SSSR count). The van der Waals surface area contributed by atoms with Crippen molar-refractivity contribution in [1.29, 1.82) is 0 Å². The molecular formula is C30H25ClF3N3O4. The van der Waals surface area contributed by atoms with Crippen LogP contribution in [0.4, 0.5) is 13.2 Å². The fraction of sp³-hybridized carbons (Fsp3) is 0.300. The Morgan fingerprint density at radius 2 is 1.98 bits per heavy atom. The van der Waals surface area contributed by atoms with E-state index in [1.165, 1.54) is 48.7 Å². The normalized spacial score (nSPS) is 17.7. The number of pyridine rings is 2. The van der Waals surface area contributed by atoms with E-state index in [0.717, 1.165) is 12.8 Å². The zero-order valence-corrected chi connectivity index (χ0v) is 22.6. The van der Waals surface area contributed by atoms with Crippen LogP contribution in [0.1, 0.15) is 47.3 Å². The Morgan fingerprint density at radius 1 is 1.22 bits per heavy atom. The van der Waals surface area contributed by atoms with Crippen molar-refractivity contribution in [3.63, 3.8) is 0 Å². The number of nitrogens with one attached hydrogen (secondary N) is 1. The Labute approximate surface area is 238 Å². The van der Waals surface area contributed by atoms with Crippen LogP contribution in [0.15, 0.2) is 54.7 Å². The zero-order valence-electron chi connectivity index (χ0n) is 21.8. The van der Waals surface area contributed by atoms with Gasteiger partial charge in [-0.25, -0.2) is 18.2 Å². The number of carbonyl (C=O) groups is 1. The number of hydrogen-bond acceptors (Lipinski definition) is 6. The van der Waals surface area contributed by atoms with Gasteiger partial charge in [-0.3, -0.25) is 9.78 Å². The van der Waals surface area contributed by atoms with Crippen LogP contribution in [0.2, 0.25) is 5.02 Å². The van der Waals surface area contributed by atoms with Crippen molar-refractivity contribution in [2.75, 3.05) is 13.2 Å². The van der Waals surface area contributed by atoms with Gasteiger partial charge in [-0.15, -0.1) is 0 Å². The zero-order chi connectivity index (χ0) is 28.9. The molecule has 41 heavy (non-hydrogen) atoms. The number of aromatic nitrogens is 2. The molecule has 2 aromatic carbocycles. The monoisotopic (exact) mass is 583 g/mol. The highest BCUT2D eigenvalue weighted by Gasteiger charge is 2.43. The maximum atomic E-state index is 14.6. The molecule has 3 heterocycles. The lowest BCUT2D eigenvalue weighted by atomic mass is 9.93. The molecule has 1 saturated carbocycles. The average molecular weight is 584 g/mol. The van der Waals surface area contributed by atoms with E-state index in [0.29, 0.717) is 45.2 Å². The number of alkyl halides is 2. The Kier molecular flexibility index (Phi) is 6.99. The van der Waals surface area contributed by atoms with Gasteiger partial charge in [0.05, 0.1) is 30.0 Å². The minimum absolute atomic E-state index is 0.0190. The summed E-state index contributed by atoms with van der Waals surface area (Å²) in [5, 5.41) is 14.6. The maximum absolute atomic E-state index is 14.6. The number of fused-ring (bicyclic) bond motifs is 2. The number of ether oxygens (including phenoxy) is 2. The molecule has 212 valence electrons. The average Bonchev–Trinajstić information content (AvgIpc) is 3.70. The highest BCUT2D eigenvalue weighted by Crippen LogP contribution is 2.43. The van der Waals surface area contributed by atoms with Crippen LogP contribution in [0.5, 0.6) is 11.5 Å². The number of rotatable bonds is 8. The molecule has 2 atom stereocenters. The summed E-state index contributed by atoms with van der Waals surface area (Å²) < 4.78 is 54.4. The lowest BCUT2D eigenvalue weighted by Crippen LogP contribution is -2.46. The molecule has 4 aromatic rings. The van der Waals surface area contributed by atoms with Gasteiger partial charge in [-0.2, -0.15) is 0 Å². The summed E-state index contributed by atoms with van der Waals surface area (Å²) >= 11 is 6.11. The number of amides is 1. The molecule has 2 aliphatic rings. The quantitative estimate of drug-likeness (QED) is 0.264. The van der Waals surface area contributed by atoms with Crippen molar-refractivity contribution >= 4 is 28.4 Å². The number of benzene rings is 2. The largest absolute Gasteiger partial charge is 0.490 e. The van der Waals surface area contributed by atoms with Crippen LogP contribution in [0.25, 0.3) is 22.2 Å². The summed E-state index contributed by atoms with van der Waals surface area (Å²) in [5.74, 6) is -0.567. The highest BCUT2D eigenvalue weighted by atomic mass is 35.5. The summed E-state index contributed by atoms with van der Waals surface area (Å²) in [5.41, 5.74) is -1.30. The van der Waals surface area contributed by atoms with Crippen molar-refractivity contribution in [3.05, 3.63) is 82.4 Å². The van der Waals surface area contributed by atoms with Crippen LogP contribution in [-0.2, 0) is 5.60 Å². The molecule has 1 aliphatic heterocycles. The number of aliphatic hydroxyl groups is 1. The minimum atomic E-state index is -3.31. The third-order valence-electron chi connectivity index (χ3n) is 7.25. The molecule has 0 saturated heterocycles. The SMILES string of the molecule is CC1COc2c1cc([C@@](O)(CNC(=O)c1cc(OC3CC3)c3ncc(Cl)cc3c1)C(F)F)nc2-c1ccc(F)cc1. The summed E-state index contributed by atoms with van der Waals surface area (Å²) in [6, 6.07) is 11.4. The molecule has 1 aliphatic carbocycles. The van der Waals surface area contributed by atoms with Crippen molar-refractivity contribution in [2.45, 2.75) is 43.8 Å². The lowest BCUT2D eigenvalue weighted by Gasteiger charge is -2.28. The second-order valence-electron chi connectivity index (χ2n) is 10.4. The first-order valence-electron chi connectivity index (χ1n) is 13.1. The second kappa shape index (κ2) is 10.5. The van der Waals surface area contributed by atoms with E-state index in [9.17, 15) is 23.1 Å². The van der Waals surface area contributed by atoms with E-state index in [4.69, 9.17) is 21.1 Å². The third kappa shape index (κ3) is 5.29. The molecule has 0 bridgehead atoms. The smallest absolute Gasteiger partial charge is 0.274 e. The first-order chi connectivity index (χ1) is 19.6. The van der Waals surface area contributed by atoms with Crippen molar-refractivity contribution in [1.82, 2.24) is 15.3 Å². The van der Waals surface area contributed by atoms with Crippen molar-refractivity contribution < 1.29 is 32.5 Å². The molecular weight excluding hydrogens is 559 g/mol. The Bertz CT molecular complexity index is 1650. The van der Waals surface area contributed by atoms with Crippen LogP contribution in [0.3, 0.4) is 0 Å². The molecule has 0 radical (unpaired) electrons. The molecule has 2 aromatic heterocycles. The van der Waals surface area contributed by atoms with E-state index in [1.807, 2.05) is 6.92 Å². The Hall–Kier alpha value is -3.89. The molecule has 0 spiro atoms. The van der Waals surface area contributed by atoms with Gasteiger partial charge in [-0.05, 0) is 61.4 Å². The van der Waals surface area contributed by atoms with Gasteiger partial charge >= 0.3 is 0 Å². The predicted octanol–water partition coefficient (Wildman–Crippen LogP) is 6.01. The van der Waals surface area contributed by atoms with E-state index in [-0.39, 0.29) is 29.0 Å². The van der Waals surface area contributed by atoms with Gasteiger partial charge in [0.15, 0.2) is 5.60 Å². The van der Waals surface area contributed by atoms with E-state index < -0.39 is 30.3 Å². The Morgan fingerprint density at radius 3 is 2.68 bits per heavy atom. The molecule has 7 nitrogen and oxygen atoms in total. The van der Waals surface area contributed by atoms with Gasteiger partial charge in [0.25, 0.3) is 12.3 Å². The van der Waals surface area contributed by atoms with E-state index in [1.54, 1.807) is 6.07 Å². The number of halogens is 4. The van der Waals surface area contributed by atoms with Gasteiger partial charge < -0.3 is 19.9 Å². The Balaban J connectivity index is 1.33. The molecule has 1 unspecified atom stereocenters. The fourth-order valence-electron chi connectivity index (χ4n) is 4.77.